The maximum Gasteiger partial charge on any atom is 0.223 e. The van der Waals surface area contributed by atoms with Crippen molar-refractivity contribution in [2.75, 3.05) is 44.5 Å². The third-order valence-corrected chi connectivity index (χ3v) is 3.45. The summed E-state index contributed by atoms with van der Waals surface area (Å²) in [5.41, 5.74) is 5.70. The Morgan fingerprint density at radius 2 is 2.16 bits per heavy atom. The summed E-state index contributed by atoms with van der Waals surface area (Å²) < 4.78 is 10.3. The molecule has 0 aliphatic rings. The largest absolute Gasteiger partial charge is 0.382 e. The molecule has 0 amide bonds. The number of fused-ring (bicyclic) bond motifs is 1. The quantitative estimate of drug-likeness (QED) is 0.752. The zero-order valence-electron chi connectivity index (χ0n) is 11.1. The summed E-state index contributed by atoms with van der Waals surface area (Å²) in [5, 5.41) is 4.24. The highest BCUT2D eigenvalue weighted by atomic mass is 32.1. The van der Waals surface area contributed by atoms with E-state index >= 15 is 0 Å². The maximum atomic E-state index is 5.70. The number of methoxy groups -OCH3 is 1. The van der Waals surface area contributed by atoms with E-state index in [2.05, 4.69) is 21.4 Å². The van der Waals surface area contributed by atoms with Crippen molar-refractivity contribution < 1.29 is 9.47 Å². The van der Waals surface area contributed by atoms with Gasteiger partial charge in [-0.2, -0.15) is 4.98 Å². The molecule has 104 valence electrons. The Balaban J connectivity index is 1.96. The van der Waals surface area contributed by atoms with Gasteiger partial charge in [0.15, 0.2) is 0 Å². The minimum absolute atomic E-state index is 0.289. The third-order valence-electron chi connectivity index (χ3n) is 2.50. The Morgan fingerprint density at radius 1 is 1.32 bits per heavy atom. The van der Waals surface area contributed by atoms with Crippen LogP contribution in [0.5, 0.6) is 0 Å². The number of hydrogen-bond acceptors (Lipinski definition) is 7. The highest BCUT2D eigenvalue weighted by molar-refractivity contribution is 7.18. The van der Waals surface area contributed by atoms with Crippen LogP contribution in [0.25, 0.3) is 10.2 Å². The van der Waals surface area contributed by atoms with E-state index in [4.69, 9.17) is 15.2 Å². The van der Waals surface area contributed by atoms with Crippen LogP contribution in [0.4, 0.5) is 11.8 Å². The smallest absolute Gasteiger partial charge is 0.223 e. The van der Waals surface area contributed by atoms with E-state index in [1.54, 1.807) is 18.4 Å². The van der Waals surface area contributed by atoms with Crippen molar-refractivity contribution in [3.05, 3.63) is 10.9 Å². The molecule has 2 rings (SSSR count). The van der Waals surface area contributed by atoms with Crippen LogP contribution in [0.15, 0.2) is 6.07 Å². The molecule has 0 aromatic carbocycles. The first-order chi connectivity index (χ1) is 9.20. The molecule has 0 saturated carbocycles. The van der Waals surface area contributed by atoms with Gasteiger partial charge in [0.25, 0.3) is 0 Å². The first-order valence-corrected chi connectivity index (χ1v) is 6.86. The molecule has 3 N–H and O–H groups in total. The third kappa shape index (κ3) is 3.76. The van der Waals surface area contributed by atoms with Crippen LogP contribution in [0.3, 0.4) is 0 Å². The van der Waals surface area contributed by atoms with Crippen molar-refractivity contribution in [1.82, 2.24) is 9.97 Å². The molecule has 19 heavy (non-hydrogen) atoms. The predicted octanol–water partition coefficient (Wildman–Crippen LogP) is 1.66. The molecule has 0 unspecified atom stereocenters. The van der Waals surface area contributed by atoms with Crippen molar-refractivity contribution in [1.29, 1.82) is 0 Å². The fraction of sp³-hybridized carbons (Fsp3) is 0.500. The van der Waals surface area contributed by atoms with E-state index in [0.717, 1.165) is 16.0 Å². The van der Waals surface area contributed by atoms with Gasteiger partial charge in [0.2, 0.25) is 5.95 Å². The van der Waals surface area contributed by atoms with Crippen LogP contribution in [0, 0.1) is 6.92 Å². The Labute approximate surface area is 115 Å². The molecule has 0 atom stereocenters. The summed E-state index contributed by atoms with van der Waals surface area (Å²) in [5.74, 6) is 1.05. The van der Waals surface area contributed by atoms with Crippen LogP contribution in [0.1, 0.15) is 4.88 Å². The van der Waals surface area contributed by atoms with E-state index in [1.165, 1.54) is 4.88 Å². The average Bonchev–Trinajstić information content (AvgIpc) is 2.73. The fourth-order valence-electron chi connectivity index (χ4n) is 1.68. The summed E-state index contributed by atoms with van der Waals surface area (Å²) >= 11 is 1.61. The van der Waals surface area contributed by atoms with Gasteiger partial charge in [0.1, 0.15) is 10.6 Å². The molecule has 2 aromatic rings. The predicted molar refractivity (Wildman–Crippen MR) is 77.7 cm³/mol. The fourth-order valence-corrected chi connectivity index (χ4v) is 2.57. The molecular formula is C12H18N4O2S. The second-order valence-corrected chi connectivity index (χ2v) is 5.27. The summed E-state index contributed by atoms with van der Waals surface area (Å²) in [6.07, 6.45) is 0. The van der Waals surface area contributed by atoms with Gasteiger partial charge in [-0.3, -0.25) is 0 Å². The SMILES string of the molecule is COCCOCCNc1nc(N)nc2sc(C)cc12. The van der Waals surface area contributed by atoms with Crippen molar-refractivity contribution in [3.63, 3.8) is 0 Å². The van der Waals surface area contributed by atoms with Crippen LogP contribution < -0.4 is 11.1 Å². The van der Waals surface area contributed by atoms with Gasteiger partial charge >= 0.3 is 0 Å². The van der Waals surface area contributed by atoms with Crippen LogP contribution >= 0.6 is 11.3 Å². The van der Waals surface area contributed by atoms with Crippen molar-refractivity contribution in [2.45, 2.75) is 6.92 Å². The number of nitrogens with zero attached hydrogens (tertiary/aromatic N) is 2. The number of aromatic nitrogens is 2. The maximum absolute atomic E-state index is 5.70. The van der Waals surface area contributed by atoms with Crippen LogP contribution in [0.2, 0.25) is 0 Å². The van der Waals surface area contributed by atoms with E-state index in [1.807, 2.05) is 6.92 Å². The lowest BCUT2D eigenvalue weighted by atomic mass is 10.3. The van der Waals surface area contributed by atoms with E-state index in [9.17, 15) is 0 Å². The molecule has 0 spiro atoms. The molecule has 0 radical (unpaired) electrons. The number of rotatable bonds is 7. The van der Waals surface area contributed by atoms with E-state index < -0.39 is 0 Å². The lowest BCUT2D eigenvalue weighted by Gasteiger charge is -2.07. The minimum Gasteiger partial charge on any atom is -0.382 e. The number of aryl methyl sites for hydroxylation is 1. The monoisotopic (exact) mass is 282 g/mol. The molecule has 2 heterocycles. The minimum atomic E-state index is 0.289. The van der Waals surface area contributed by atoms with Crippen LogP contribution in [-0.4, -0.2) is 43.4 Å². The van der Waals surface area contributed by atoms with Gasteiger partial charge in [-0.15, -0.1) is 11.3 Å². The van der Waals surface area contributed by atoms with Crippen molar-refractivity contribution in [3.8, 4) is 0 Å². The zero-order chi connectivity index (χ0) is 13.7. The Morgan fingerprint density at radius 3 is 2.95 bits per heavy atom. The number of nitrogens with two attached hydrogens (primary N) is 1. The second kappa shape index (κ2) is 6.65. The molecule has 0 aliphatic carbocycles. The van der Waals surface area contributed by atoms with E-state index in [0.29, 0.717) is 26.4 Å². The topological polar surface area (TPSA) is 82.3 Å². The van der Waals surface area contributed by atoms with Crippen LogP contribution in [-0.2, 0) is 9.47 Å². The number of nitrogen functional groups attached to an aromatic ring is 1. The molecule has 2 aromatic heterocycles. The highest BCUT2D eigenvalue weighted by Gasteiger charge is 2.08. The van der Waals surface area contributed by atoms with Gasteiger partial charge in [0, 0.05) is 18.5 Å². The molecule has 0 fully saturated rings. The Hall–Kier alpha value is -1.44. The summed E-state index contributed by atoms with van der Waals surface area (Å²) in [4.78, 5) is 10.6. The van der Waals surface area contributed by atoms with Gasteiger partial charge in [-0.1, -0.05) is 0 Å². The van der Waals surface area contributed by atoms with Gasteiger partial charge in [-0.05, 0) is 13.0 Å². The number of hydrogen-bond donors (Lipinski definition) is 2. The normalized spacial score (nSPS) is 11.1. The standard InChI is InChI=1S/C12H18N4O2S/c1-8-7-9-10(14-3-4-18-6-5-17-2)15-12(13)16-11(9)19-8/h7H,3-6H2,1-2H3,(H3,13,14,15,16). The Bertz CT molecular complexity index is 544. The lowest BCUT2D eigenvalue weighted by molar-refractivity contribution is 0.0759. The Kier molecular flexibility index (Phi) is 4.89. The summed E-state index contributed by atoms with van der Waals surface area (Å²) in [6.45, 7) is 4.51. The number of nitrogens with one attached hydrogen (secondary N) is 1. The zero-order valence-corrected chi connectivity index (χ0v) is 11.9. The van der Waals surface area contributed by atoms with Crippen molar-refractivity contribution >= 4 is 33.3 Å². The molecule has 0 saturated heterocycles. The molecule has 0 bridgehead atoms. The van der Waals surface area contributed by atoms with Crippen molar-refractivity contribution in [2.24, 2.45) is 0 Å². The van der Waals surface area contributed by atoms with Gasteiger partial charge < -0.3 is 20.5 Å². The second-order valence-electron chi connectivity index (χ2n) is 4.04. The summed E-state index contributed by atoms with van der Waals surface area (Å²) in [6, 6.07) is 2.06. The number of anilines is 2. The van der Waals surface area contributed by atoms with Gasteiger partial charge in [0.05, 0.1) is 25.2 Å². The number of ether oxygens (including phenoxy) is 2. The molecule has 0 aliphatic heterocycles. The molecule has 7 heteroatoms. The lowest BCUT2D eigenvalue weighted by Crippen LogP contribution is -2.13. The average molecular weight is 282 g/mol. The number of thiophene rings is 1. The van der Waals surface area contributed by atoms with E-state index in [-0.39, 0.29) is 5.95 Å². The molecular weight excluding hydrogens is 264 g/mol. The first kappa shape index (κ1) is 14.0. The first-order valence-electron chi connectivity index (χ1n) is 6.05. The van der Waals surface area contributed by atoms with Gasteiger partial charge in [-0.25, -0.2) is 4.98 Å². The molecule has 6 nitrogen and oxygen atoms in total. The summed E-state index contributed by atoms with van der Waals surface area (Å²) in [7, 11) is 1.65. The highest BCUT2D eigenvalue weighted by Crippen LogP contribution is 2.28.